The lowest BCUT2D eigenvalue weighted by atomic mass is 10.00. The van der Waals surface area contributed by atoms with Gasteiger partial charge in [-0.1, -0.05) is 6.92 Å². The van der Waals surface area contributed by atoms with Crippen molar-refractivity contribution in [3.8, 4) is 0 Å². The summed E-state index contributed by atoms with van der Waals surface area (Å²) < 4.78 is 0. The van der Waals surface area contributed by atoms with E-state index in [0.29, 0.717) is 12.6 Å². The third kappa shape index (κ3) is 4.92. The summed E-state index contributed by atoms with van der Waals surface area (Å²) in [5.41, 5.74) is 4.83. The quantitative estimate of drug-likeness (QED) is 0.713. The zero-order valence-corrected chi connectivity index (χ0v) is 11.7. The molecule has 0 radical (unpaired) electrons. The number of nitrogens with two attached hydrogens (primary N) is 1. The average molecular weight is 243 g/mol. The Bertz CT molecular complexity index is 221. The van der Waals surface area contributed by atoms with E-state index in [2.05, 4.69) is 23.8 Å². The highest BCUT2D eigenvalue weighted by Crippen LogP contribution is 2.14. The molecule has 2 unspecified atom stereocenters. The first kappa shape index (κ1) is 14.9. The highest BCUT2D eigenvalue weighted by atomic mass is 16.3. The normalized spacial score (nSPS) is 27.0. The maximum absolute atomic E-state index is 9.84. The summed E-state index contributed by atoms with van der Waals surface area (Å²) in [5.74, 6) is 0. The largest absolute Gasteiger partial charge is 0.389 e. The second kappa shape index (κ2) is 6.69. The van der Waals surface area contributed by atoms with Crippen LogP contribution in [0.25, 0.3) is 0 Å². The van der Waals surface area contributed by atoms with Gasteiger partial charge in [0.05, 0.1) is 5.60 Å². The van der Waals surface area contributed by atoms with Crippen LogP contribution in [0.3, 0.4) is 0 Å². The third-order valence-corrected chi connectivity index (χ3v) is 3.96. The van der Waals surface area contributed by atoms with E-state index >= 15 is 0 Å². The molecule has 0 amide bonds. The predicted octanol–water partition coefficient (Wildman–Crippen LogP) is 0.502. The number of aliphatic hydroxyl groups is 1. The van der Waals surface area contributed by atoms with Crippen LogP contribution < -0.4 is 5.73 Å². The zero-order chi connectivity index (χ0) is 12.9. The molecular weight excluding hydrogens is 214 g/mol. The molecular formula is C13H29N3O. The number of hydrogen-bond donors (Lipinski definition) is 2. The van der Waals surface area contributed by atoms with Crippen molar-refractivity contribution in [1.82, 2.24) is 9.80 Å². The molecule has 0 aromatic rings. The van der Waals surface area contributed by atoms with Gasteiger partial charge in [-0.2, -0.15) is 0 Å². The van der Waals surface area contributed by atoms with Crippen LogP contribution in [0, 0.1) is 0 Å². The molecule has 0 bridgehead atoms. The maximum Gasteiger partial charge on any atom is 0.0741 e. The molecule has 4 heteroatoms. The first-order valence-electron chi connectivity index (χ1n) is 6.83. The van der Waals surface area contributed by atoms with Gasteiger partial charge in [0.15, 0.2) is 0 Å². The van der Waals surface area contributed by atoms with E-state index in [1.807, 2.05) is 6.92 Å². The topological polar surface area (TPSA) is 52.7 Å². The Morgan fingerprint density at radius 1 is 1.41 bits per heavy atom. The lowest BCUT2D eigenvalue weighted by molar-refractivity contribution is 0.0471. The number of hydrogen-bond acceptors (Lipinski definition) is 4. The molecule has 1 fully saturated rings. The van der Waals surface area contributed by atoms with E-state index in [4.69, 9.17) is 5.73 Å². The minimum absolute atomic E-state index is 0.354. The predicted molar refractivity (Wildman–Crippen MR) is 72.1 cm³/mol. The molecule has 102 valence electrons. The van der Waals surface area contributed by atoms with E-state index in [1.54, 1.807) is 0 Å². The molecule has 1 saturated heterocycles. The average Bonchev–Trinajstić information content (AvgIpc) is 2.31. The van der Waals surface area contributed by atoms with E-state index in [-0.39, 0.29) is 0 Å². The smallest absolute Gasteiger partial charge is 0.0741 e. The molecule has 1 rings (SSSR count). The van der Waals surface area contributed by atoms with Crippen molar-refractivity contribution in [1.29, 1.82) is 0 Å². The van der Waals surface area contributed by atoms with E-state index < -0.39 is 5.60 Å². The van der Waals surface area contributed by atoms with Crippen LogP contribution in [0.2, 0.25) is 0 Å². The van der Waals surface area contributed by atoms with Gasteiger partial charge in [-0.05, 0) is 39.8 Å². The fourth-order valence-electron chi connectivity index (χ4n) is 2.44. The lowest BCUT2D eigenvalue weighted by Gasteiger charge is -2.39. The van der Waals surface area contributed by atoms with Gasteiger partial charge in [0.1, 0.15) is 0 Å². The summed E-state index contributed by atoms with van der Waals surface area (Å²) >= 11 is 0. The fraction of sp³-hybridized carbons (Fsp3) is 1.00. The Morgan fingerprint density at radius 3 is 2.71 bits per heavy atom. The second-order valence-corrected chi connectivity index (χ2v) is 5.65. The summed E-state index contributed by atoms with van der Waals surface area (Å²) in [5, 5.41) is 9.84. The Morgan fingerprint density at radius 2 is 2.12 bits per heavy atom. The SMILES string of the molecule is CCC1CN(CCCC(C)(O)CN)CCN1C. The number of rotatable bonds is 6. The lowest BCUT2D eigenvalue weighted by Crippen LogP contribution is -2.51. The van der Waals surface area contributed by atoms with Crippen molar-refractivity contribution in [2.75, 3.05) is 39.8 Å². The minimum Gasteiger partial charge on any atom is -0.389 e. The van der Waals surface area contributed by atoms with Crippen molar-refractivity contribution in [3.63, 3.8) is 0 Å². The highest BCUT2D eigenvalue weighted by molar-refractivity contribution is 4.80. The fourth-order valence-corrected chi connectivity index (χ4v) is 2.44. The van der Waals surface area contributed by atoms with Crippen molar-refractivity contribution in [2.24, 2.45) is 5.73 Å². The van der Waals surface area contributed by atoms with Gasteiger partial charge in [-0.3, -0.25) is 0 Å². The summed E-state index contributed by atoms with van der Waals surface area (Å²) in [6, 6.07) is 0.693. The number of likely N-dealkylation sites (N-methyl/N-ethyl adjacent to an activating group) is 1. The van der Waals surface area contributed by atoms with Gasteiger partial charge in [-0.15, -0.1) is 0 Å². The Balaban J connectivity index is 2.24. The molecule has 0 spiro atoms. The van der Waals surface area contributed by atoms with Gasteiger partial charge in [-0.25, -0.2) is 0 Å². The Kier molecular flexibility index (Phi) is 5.86. The number of nitrogens with zero attached hydrogens (tertiary/aromatic N) is 2. The Hall–Kier alpha value is -0.160. The molecule has 0 saturated carbocycles. The molecule has 0 aromatic carbocycles. The Labute approximate surface area is 106 Å². The van der Waals surface area contributed by atoms with Crippen LogP contribution in [0.5, 0.6) is 0 Å². The van der Waals surface area contributed by atoms with Gasteiger partial charge in [0, 0.05) is 32.2 Å². The summed E-state index contributed by atoms with van der Waals surface area (Å²) in [4.78, 5) is 4.97. The van der Waals surface area contributed by atoms with Crippen LogP contribution >= 0.6 is 0 Å². The maximum atomic E-state index is 9.84. The molecule has 1 heterocycles. The first-order chi connectivity index (χ1) is 7.98. The van der Waals surface area contributed by atoms with Gasteiger partial charge in [0.25, 0.3) is 0 Å². The van der Waals surface area contributed by atoms with Crippen LogP contribution in [0.4, 0.5) is 0 Å². The van der Waals surface area contributed by atoms with Gasteiger partial charge >= 0.3 is 0 Å². The van der Waals surface area contributed by atoms with Crippen LogP contribution in [-0.4, -0.2) is 66.3 Å². The molecule has 4 nitrogen and oxygen atoms in total. The van der Waals surface area contributed by atoms with Crippen molar-refractivity contribution in [3.05, 3.63) is 0 Å². The second-order valence-electron chi connectivity index (χ2n) is 5.65. The highest BCUT2D eigenvalue weighted by Gasteiger charge is 2.23. The van der Waals surface area contributed by atoms with Gasteiger partial charge in [0.2, 0.25) is 0 Å². The van der Waals surface area contributed by atoms with Crippen LogP contribution in [0.15, 0.2) is 0 Å². The van der Waals surface area contributed by atoms with E-state index in [1.165, 1.54) is 6.42 Å². The first-order valence-corrected chi connectivity index (χ1v) is 6.83. The minimum atomic E-state index is -0.684. The molecule has 1 aliphatic heterocycles. The van der Waals surface area contributed by atoms with Crippen molar-refractivity contribution >= 4 is 0 Å². The molecule has 2 atom stereocenters. The van der Waals surface area contributed by atoms with Crippen LogP contribution in [-0.2, 0) is 0 Å². The van der Waals surface area contributed by atoms with Crippen LogP contribution in [0.1, 0.15) is 33.1 Å². The summed E-state index contributed by atoms with van der Waals surface area (Å²) in [7, 11) is 2.21. The van der Waals surface area contributed by atoms with E-state index in [9.17, 15) is 5.11 Å². The van der Waals surface area contributed by atoms with Gasteiger partial charge < -0.3 is 20.6 Å². The molecule has 3 N–H and O–H groups in total. The summed E-state index contributed by atoms with van der Waals surface area (Å²) in [6.07, 6.45) is 3.05. The van der Waals surface area contributed by atoms with Crippen molar-refractivity contribution in [2.45, 2.75) is 44.8 Å². The molecule has 0 aliphatic carbocycles. The zero-order valence-electron chi connectivity index (χ0n) is 11.7. The number of piperazine rings is 1. The molecule has 1 aliphatic rings. The molecule has 17 heavy (non-hydrogen) atoms. The van der Waals surface area contributed by atoms with Crippen molar-refractivity contribution < 1.29 is 5.11 Å². The third-order valence-electron chi connectivity index (χ3n) is 3.96. The standard InChI is InChI=1S/C13H29N3O/c1-4-12-10-16(9-8-15(12)3)7-5-6-13(2,17)11-14/h12,17H,4-11,14H2,1-3H3. The molecule has 0 aromatic heterocycles. The van der Waals surface area contributed by atoms with E-state index in [0.717, 1.165) is 39.0 Å². The summed E-state index contributed by atoms with van der Waals surface area (Å²) in [6.45, 7) is 8.99. The monoisotopic (exact) mass is 243 g/mol.